The highest BCUT2D eigenvalue weighted by atomic mass is 19.1. The molecule has 0 atom stereocenters. The normalized spacial score (nSPS) is 16.4. The topological polar surface area (TPSA) is 35.6 Å². The maximum Gasteiger partial charge on any atom is 0.317 e. The largest absolute Gasteiger partial charge is 0.334 e. The molecule has 0 radical (unpaired) electrons. The zero-order valence-corrected chi connectivity index (χ0v) is 11.2. The minimum Gasteiger partial charge on any atom is -0.334 e. The number of nitrogens with one attached hydrogen (secondary N) is 1. The highest BCUT2D eigenvalue weighted by molar-refractivity contribution is 5.74. The molecule has 1 N–H and O–H groups in total. The summed E-state index contributed by atoms with van der Waals surface area (Å²) in [6.45, 7) is 7.00. The van der Waals surface area contributed by atoms with Crippen LogP contribution in [0.4, 0.5) is 9.18 Å². The molecule has 0 unspecified atom stereocenters. The first-order valence-electron chi connectivity index (χ1n) is 6.68. The van der Waals surface area contributed by atoms with Gasteiger partial charge in [-0.2, -0.15) is 0 Å². The average Bonchev–Trinajstić information content (AvgIpc) is 2.46. The Hall–Kier alpha value is -1.62. The van der Waals surface area contributed by atoms with Gasteiger partial charge in [-0.25, -0.2) is 9.18 Å². The van der Waals surface area contributed by atoms with Crippen LogP contribution in [-0.2, 0) is 6.54 Å². The molecule has 0 saturated carbocycles. The second kappa shape index (κ2) is 6.52. The Balaban J connectivity index is 1.77. The van der Waals surface area contributed by atoms with E-state index in [-0.39, 0.29) is 11.8 Å². The smallest absolute Gasteiger partial charge is 0.317 e. The van der Waals surface area contributed by atoms with Gasteiger partial charge in [-0.1, -0.05) is 19.1 Å². The number of nitrogens with zero attached hydrogens (tertiary/aromatic N) is 2. The van der Waals surface area contributed by atoms with Crippen LogP contribution in [0.5, 0.6) is 0 Å². The van der Waals surface area contributed by atoms with E-state index in [2.05, 4.69) is 17.1 Å². The Labute approximate surface area is 113 Å². The van der Waals surface area contributed by atoms with Crippen molar-refractivity contribution in [1.29, 1.82) is 0 Å². The summed E-state index contributed by atoms with van der Waals surface area (Å²) < 4.78 is 12.7. The lowest BCUT2D eigenvalue weighted by Crippen LogP contribution is -2.51. The van der Waals surface area contributed by atoms with Gasteiger partial charge in [-0.05, 0) is 24.2 Å². The van der Waals surface area contributed by atoms with Crippen LogP contribution in [0.2, 0.25) is 0 Å². The van der Waals surface area contributed by atoms with Crippen LogP contribution in [0.1, 0.15) is 12.5 Å². The van der Waals surface area contributed by atoms with Crippen molar-refractivity contribution in [3.05, 3.63) is 35.6 Å². The van der Waals surface area contributed by atoms with Gasteiger partial charge in [0, 0.05) is 32.7 Å². The summed E-state index contributed by atoms with van der Waals surface area (Å²) in [5, 5.41) is 2.87. The summed E-state index contributed by atoms with van der Waals surface area (Å²) in [6.07, 6.45) is 0. The third kappa shape index (κ3) is 3.92. The molecule has 0 spiro atoms. The number of hydrogen-bond donors (Lipinski definition) is 1. The summed E-state index contributed by atoms with van der Waals surface area (Å²) >= 11 is 0. The first-order chi connectivity index (χ1) is 9.19. The number of rotatable bonds is 3. The van der Waals surface area contributed by atoms with Crippen molar-refractivity contribution in [3.63, 3.8) is 0 Å². The van der Waals surface area contributed by atoms with Gasteiger partial charge >= 0.3 is 6.03 Å². The summed E-state index contributed by atoms with van der Waals surface area (Å²) in [4.78, 5) is 16.1. The van der Waals surface area contributed by atoms with Crippen molar-refractivity contribution in [1.82, 2.24) is 15.1 Å². The molecular formula is C14H20FN3O. The monoisotopic (exact) mass is 265 g/mol. The van der Waals surface area contributed by atoms with Gasteiger partial charge in [0.15, 0.2) is 0 Å². The number of urea groups is 1. The highest BCUT2D eigenvalue weighted by Gasteiger charge is 2.19. The number of likely N-dealkylation sites (N-methyl/N-ethyl adjacent to an activating group) is 1. The minimum atomic E-state index is -0.259. The minimum absolute atomic E-state index is 0.0416. The Kier molecular flexibility index (Phi) is 4.74. The van der Waals surface area contributed by atoms with E-state index in [1.165, 1.54) is 12.1 Å². The number of amides is 2. The Morgan fingerprint density at radius 3 is 2.42 bits per heavy atom. The molecule has 1 fully saturated rings. The fourth-order valence-electron chi connectivity index (χ4n) is 2.16. The van der Waals surface area contributed by atoms with Crippen LogP contribution < -0.4 is 5.32 Å². The predicted octanol–water partition coefficient (Wildman–Crippen LogP) is 1.67. The average molecular weight is 265 g/mol. The van der Waals surface area contributed by atoms with Crippen molar-refractivity contribution in [2.75, 3.05) is 32.7 Å². The van der Waals surface area contributed by atoms with Crippen LogP contribution in [0, 0.1) is 5.82 Å². The maximum atomic E-state index is 12.7. The molecule has 1 aromatic carbocycles. The van der Waals surface area contributed by atoms with Crippen molar-refractivity contribution in [3.8, 4) is 0 Å². The van der Waals surface area contributed by atoms with Crippen molar-refractivity contribution >= 4 is 6.03 Å². The molecule has 2 rings (SSSR count). The lowest BCUT2D eigenvalue weighted by Gasteiger charge is -2.34. The lowest BCUT2D eigenvalue weighted by atomic mass is 10.2. The highest BCUT2D eigenvalue weighted by Crippen LogP contribution is 2.04. The zero-order valence-electron chi connectivity index (χ0n) is 11.2. The van der Waals surface area contributed by atoms with Crippen molar-refractivity contribution in [2.45, 2.75) is 13.5 Å². The first-order valence-corrected chi connectivity index (χ1v) is 6.68. The van der Waals surface area contributed by atoms with Crippen LogP contribution >= 0.6 is 0 Å². The van der Waals surface area contributed by atoms with E-state index in [0.29, 0.717) is 6.54 Å². The predicted molar refractivity (Wildman–Crippen MR) is 72.3 cm³/mol. The van der Waals surface area contributed by atoms with E-state index in [0.717, 1.165) is 38.3 Å². The Morgan fingerprint density at radius 1 is 1.21 bits per heavy atom. The molecule has 104 valence electrons. The van der Waals surface area contributed by atoms with Gasteiger partial charge in [0.2, 0.25) is 0 Å². The van der Waals surface area contributed by atoms with E-state index in [1.807, 2.05) is 4.90 Å². The lowest BCUT2D eigenvalue weighted by molar-refractivity contribution is 0.142. The van der Waals surface area contributed by atoms with Crippen LogP contribution in [0.15, 0.2) is 24.3 Å². The van der Waals surface area contributed by atoms with Gasteiger partial charge in [0.25, 0.3) is 0 Å². The molecule has 1 aromatic rings. The molecule has 1 saturated heterocycles. The molecule has 4 nitrogen and oxygen atoms in total. The van der Waals surface area contributed by atoms with E-state index in [4.69, 9.17) is 0 Å². The van der Waals surface area contributed by atoms with Gasteiger partial charge in [0.05, 0.1) is 0 Å². The standard InChI is InChI=1S/C14H20FN3O/c1-2-17-7-9-18(10-8-17)14(19)16-11-12-3-5-13(15)6-4-12/h3-6H,2,7-11H2,1H3,(H,16,19). The Bertz CT molecular complexity index is 413. The van der Waals surface area contributed by atoms with E-state index >= 15 is 0 Å². The number of piperazine rings is 1. The second-order valence-corrected chi connectivity index (χ2v) is 4.71. The first kappa shape index (κ1) is 13.8. The Morgan fingerprint density at radius 2 is 1.84 bits per heavy atom. The van der Waals surface area contributed by atoms with Crippen LogP contribution in [-0.4, -0.2) is 48.6 Å². The quantitative estimate of drug-likeness (QED) is 0.902. The van der Waals surface area contributed by atoms with Gasteiger partial charge in [-0.15, -0.1) is 0 Å². The summed E-state index contributed by atoms with van der Waals surface area (Å²) in [7, 11) is 0. The van der Waals surface area contributed by atoms with Crippen LogP contribution in [0.3, 0.4) is 0 Å². The van der Waals surface area contributed by atoms with E-state index < -0.39 is 0 Å². The van der Waals surface area contributed by atoms with Gasteiger partial charge in [0.1, 0.15) is 5.82 Å². The van der Waals surface area contributed by atoms with Crippen molar-refractivity contribution < 1.29 is 9.18 Å². The maximum absolute atomic E-state index is 12.7. The number of benzene rings is 1. The SMILES string of the molecule is CCN1CCN(C(=O)NCc2ccc(F)cc2)CC1. The summed E-state index contributed by atoms with van der Waals surface area (Å²) in [5.41, 5.74) is 0.905. The van der Waals surface area contributed by atoms with E-state index in [9.17, 15) is 9.18 Å². The summed E-state index contributed by atoms with van der Waals surface area (Å²) in [6, 6.07) is 6.14. The zero-order chi connectivity index (χ0) is 13.7. The summed E-state index contributed by atoms with van der Waals surface area (Å²) in [5.74, 6) is -0.259. The third-order valence-electron chi connectivity index (χ3n) is 3.46. The molecule has 0 aliphatic carbocycles. The van der Waals surface area contributed by atoms with Gasteiger partial charge < -0.3 is 15.1 Å². The molecule has 0 aromatic heterocycles. The third-order valence-corrected chi connectivity index (χ3v) is 3.46. The van der Waals surface area contributed by atoms with Crippen molar-refractivity contribution in [2.24, 2.45) is 0 Å². The number of hydrogen-bond acceptors (Lipinski definition) is 2. The molecule has 1 heterocycles. The second-order valence-electron chi connectivity index (χ2n) is 4.71. The molecule has 1 aliphatic rings. The molecule has 5 heteroatoms. The molecular weight excluding hydrogens is 245 g/mol. The number of carbonyl (C=O) groups is 1. The molecule has 19 heavy (non-hydrogen) atoms. The fourth-order valence-corrected chi connectivity index (χ4v) is 2.16. The van der Waals surface area contributed by atoms with Crippen LogP contribution in [0.25, 0.3) is 0 Å². The van der Waals surface area contributed by atoms with Gasteiger partial charge in [-0.3, -0.25) is 0 Å². The number of carbonyl (C=O) groups excluding carboxylic acids is 1. The molecule has 2 amide bonds. The fraction of sp³-hybridized carbons (Fsp3) is 0.500. The number of halogens is 1. The molecule has 1 aliphatic heterocycles. The molecule has 0 bridgehead atoms. The van der Waals surface area contributed by atoms with E-state index in [1.54, 1.807) is 12.1 Å².